The third-order valence-corrected chi connectivity index (χ3v) is 7.55. The Balaban J connectivity index is 0.00000481. The number of unbranched alkanes of at least 4 members (excludes halogenated alkanes) is 11. The van der Waals surface area contributed by atoms with Crippen LogP contribution in [-0.2, 0) is 13.1 Å². The Hall–Kier alpha value is -1.85. The maximum atomic E-state index is 5.97. The van der Waals surface area contributed by atoms with Gasteiger partial charge < -0.3 is 27.0 Å². The van der Waals surface area contributed by atoms with Gasteiger partial charge in [-0.1, -0.05) is 113 Å². The number of aromatic nitrogens is 1. The number of hydrogen-bond donors (Lipinski definition) is 1. The Kier molecular flexibility index (Phi) is 16.3. The van der Waals surface area contributed by atoms with E-state index in [4.69, 9.17) is 4.74 Å². The van der Waals surface area contributed by atoms with E-state index in [9.17, 15) is 0 Å². The lowest BCUT2D eigenvalue weighted by atomic mass is 10.1. The molecule has 0 unspecified atom stereocenters. The Bertz CT molecular complexity index is 973. The molecule has 1 N–H and O–H groups in total. The molecule has 0 fully saturated rings. The van der Waals surface area contributed by atoms with Crippen LogP contribution in [0.15, 0.2) is 60.2 Å². The normalized spacial score (nSPS) is 10.8. The van der Waals surface area contributed by atoms with Crippen LogP contribution in [0.1, 0.15) is 100.0 Å². The third kappa shape index (κ3) is 13.5. The smallest absolute Gasteiger partial charge is 0.225 e. The largest absolute Gasteiger partial charge is 1.00 e. The molecule has 0 aliphatic rings. The summed E-state index contributed by atoms with van der Waals surface area (Å²) < 4.78 is 8.21. The predicted octanol–water partition coefficient (Wildman–Crippen LogP) is 6.09. The van der Waals surface area contributed by atoms with Gasteiger partial charge in [0.05, 0.1) is 11.5 Å². The first-order valence-electron chi connectivity index (χ1n) is 14.2. The van der Waals surface area contributed by atoms with Crippen LogP contribution in [0.25, 0.3) is 0 Å². The van der Waals surface area contributed by atoms with Crippen molar-refractivity contribution in [3.63, 3.8) is 0 Å². The topological polar surface area (TPSA) is 25.1 Å². The summed E-state index contributed by atoms with van der Waals surface area (Å²) in [6.07, 6.45) is 18.7. The molecule has 0 aliphatic carbocycles. The number of thiazole rings is 1. The van der Waals surface area contributed by atoms with Gasteiger partial charge in [0.15, 0.2) is 12.7 Å². The van der Waals surface area contributed by atoms with Crippen LogP contribution < -0.4 is 31.6 Å². The number of aryl methyl sites for hydroxylation is 1. The van der Waals surface area contributed by atoms with Gasteiger partial charge in [0.2, 0.25) is 5.51 Å². The van der Waals surface area contributed by atoms with Crippen molar-refractivity contribution in [1.82, 2.24) is 0 Å². The minimum Gasteiger partial charge on any atom is -1.00 e. The molecule has 37 heavy (non-hydrogen) atoms. The number of nitrogens with zero attached hydrogens (tertiary/aromatic N) is 1. The molecular formula is C32H47BrN2OS. The molecule has 3 aromatic rings. The van der Waals surface area contributed by atoms with Gasteiger partial charge in [-0.05, 0) is 43.2 Å². The molecule has 204 valence electrons. The summed E-state index contributed by atoms with van der Waals surface area (Å²) in [5, 5.41) is 3.56. The van der Waals surface area contributed by atoms with Crippen molar-refractivity contribution in [3.8, 4) is 5.75 Å². The zero-order valence-corrected chi connectivity index (χ0v) is 25.4. The molecule has 0 aliphatic heterocycles. The van der Waals surface area contributed by atoms with E-state index in [0.717, 1.165) is 37.6 Å². The first-order valence-corrected chi connectivity index (χ1v) is 15.1. The van der Waals surface area contributed by atoms with Gasteiger partial charge in [0.1, 0.15) is 5.75 Å². The maximum absolute atomic E-state index is 5.97. The van der Waals surface area contributed by atoms with Crippen molar-refractivity contribution >= 4 is 17.0 Å². The molecule has 0 saturated carbocycles. The highest BCUT2D eigenvalue weighted by atomic mass is 79.9. The molecule has 0 amide bonds. The third-order valence-electron chi connectivity index (χ3n) is 6.70. The second-order valence-electron chi connectivity index (χ2n) is 10.1. The monoisotopic (exact) mass is 586 g/mol. The highest BCUT2D eigenvalue weighted by molar-refractivity contribution is 7.09. The lowest BCUT2D eigenvalue weighted by Gasteiger charge is -2.10. The maximum Gasteiger partial charge on any atom is 0.225 e. The summed E-state index contributed by atoms with van der Waals surface area (Å²) in [6.45, 7) is 6.98. The molecule has 0 radical (unpaired) electrons. The SMILES string of the molecule is CCCCCCCCCCCCCCOc1ccc(CNc2cccc(C[n+]3csc(C)c3)c2)cc1.[Br-]. The van der Waals surface area contributed by atoms with Gasteiger partial charge in [0, 0.05) is 17.8 Å². The summed E-state index contributed by atoms with van der Waals surface area (Å²) in [5.74, 6) is 0.979. The van der Waals surface area contributed by atoms with E-state index in [2.05, 4.69) is 84.0 Å². The minimum atomic E-state index is 0. The average molecular weight is 588 g/mol. The fourth-order valence-electron chi connectivity index (χ4n) is 4.56. The Morgan fingerprint density at radius 1 is 0.784 bits per heavy atom. The van der Waals surface area contributed by atoms with E-state index in [1.165, 1.54) is 86.6 Å². The first kappa shape index (κ1) is 31.4. The Morgan fingerprint density at radius 2 is 1.43 bits per heavy atom. The first-order chi connectivity index (χ1) is 17.7. The number of anilines is 1. The summed E-state index contributed by atoms with van der Waals surface area (Å²) in [5.41, 5.74) is 5.91. The van der Waals surface area contributed by atoms with E-state index >= 15 is 0 Å². The van der Waals surface area contributed by atoms with Crippen LogP contribution in [-0.4, -0.2) is 6.61 Å². The van der Waals surface area contributed by atoms with Gasteiger partial charge in [-0.25, -0.2) is 0 Å². The van der Waals surface area contributed by atoms with E-state index < -0.39 is 0 Å². The Morgan fingerprint density at radius 3 is 2.05 bits per heavy atom. The molecule has 0 spiro atoms. The number of rotatable bonds is 19. The van der Waals surface area contributed by atoms with Gasteiger partial charge in [-0.3, -0.25) is 0 Å². The van der Waals surface area contributed by atoms with Crippen LogP contribution in [0.2, 0.25) is 0 Å². The Labute approximate surface area is 240 Å². The van der Waals surface area contributed by atoms with Gasteiger partial charge >= 0.3 is 0 Å². The second-order valence-corrected chi connectivity index (χ2v) is 11.2. The molecule has 2 aromatic carbocycles. The standard InChI is InChI=1S/C32H47N2OS.BrH/c1-3-4-5-6-7-8-9-10-11-12-13-14-22-35-32-20-18-29(19-21-32)24-33-31-17-15-16-30(23-31)26-34-25-28(2)36-27-34;/h15-21,23,25,27,33H,3-14,22,24,26H2,1-2H3;1H/q+1;/p-1. The number of nitrogens with one attached hydrogen (secondary N) is 1. The molecule has 1 aromatic heterocycles. The summed E-state index contributed by atoms with van der Waals surface area (Å²) >= 11 is 1.79. The van der Waals surface area contributed by atoms with Crippen molar-refractivity contribution in [2.45, 2.75) is 104 Å². The van der Waals surface area contributed by atoms with Gasteiger partial charge in [-0.2, -0.15) is 4.57 Å². The summed E-state index contributed by atoms with van der Waals surface area (Å²) in [7, 11) is 0. The molecule has 3 rings (SSSR count). The van der Waals surface area contributed by atoms with Crippen molar-refractivity contribution in [3.05, 3.63) is 76.2 Å². The van der Waals surface area contributed by atoms with Crippen LogP contribution >= 0.6 is 11.3 Å². The number of halogens is 1. The minimum absolute atomic E-state index is 0. The zero-order chi connectivity index (χ0) is 25.3. The molecule has 0 bridgehead atoms. The predicted molar refractivity (Wildman–Crippen MR) is 155 cm³/mol. The van der Waals surface area contributed by atoms with Crippen LogP contribution in [0.5, 0.6) is 5.75 Å². The van der Waals surface area contributed by atoms with Gasteiger partial charge in [0.25, 0.3) is 0 Å². The highest BCUT2D eigenvalue weighted by Crippen LogP contribution is 2.17. The molecular weight excluding hydrogens is 540 g/mol. The summed E-state index contributed by atoms with van der Waals surface area (Å²) in [4.78, 5) is 1.34. The fraction of sp³-hybridized carbons (Fsp3) is 0.531. The second kappa shape index (κ2) is 19.3. The average Bonchev–Trinajstić information content (AvgIpc) is 3.30. The number of ether oxygens (including phenoxy) is 1. The van der Waals surface area contributed by atoms with Crippen molar-refractivity contribution in [1.29, 1.82) is 0 Å². The van der Waals surface area contributed by atoms with Crippen molar-refractivity contribution < 1.29 is 26.3 Å². The van der Waals surface area contributed by atoms with Gasteiger partial charge in [-0.15, -0.1) is 0 Å². The molecule has 0 atom stereocenters. The molecule has 3 nitrogen and oxygen atoms in total. The van der Waals surface area contributed by atoms with E-state index in [1.54, 1.807) is 11.3 Å². The summed E-state index contributed by atoms with van der Waals surface area (Å²) in [6, 6.07) is 17.2. The zero-order valence-electron chi connectivity index (χ0n) is 23.0. The van der Waals surface area contributed by atoms with Crippen LogP contribution in [0.4, 0.5) is 5.69 Å². The van der Waals surface area contributed by atoms with Crippen molar-refractivity contribution in [2.75, 3.05) is 11.9 Å². The van der Waals surface area contributed by atoms with Crippen LogP contribution in [0, 0.1) is 6.92 Å². The molecule has 1 heterocycles. The molecule has 5 heteroatoms. The highest BCUT2D eigenvalue weighted by Gasteiger charge is 2.06. The fourth-order valence-corrected chi connectivity index (χ4v) is 5.19. The quantitative estimate of drug-likeness (QED) is 0.136. The van der Waals surface area contributed by atoms with E-state index in [0.29, 0.717) is 0 Å². The lowest BCUT2D eigenvalue weighted by Crippen LogP contribution is -3.00. The van der Waals surface area contributed by atoms with E-state index in [-0.39, 0.29) is 17.0 Å². The number of hydrogen-bond acceptors (Lipinski definition) is 3. The van der Waals surface area contributed by atoms with E-state index in [1.807, 2.05) is 0 Å². The lowest BCUT2D eigenvalue weighted by molar-refractivity contribution is -0.683. The van der Waals surface area contributed by atoms with Crippen LogP contribution in [0.3, 0.4) is 0 Å². The number of benzene rings is 2. The van der Waals surface area contributed by atoms with Crippen molar-refractivity contribution in [2.24, 2.45) is 0 Å². The molecule has 0 saturated heterocycles.